The molecule has 0 saturated heterocycles. The zero-order chi connectivity index (χ0) is 21.5. The average Bonchev–Trinajstić information content (AvgIpc) is 2.75. The maximum absolute atomic E-state index is 13.0. The molecule has 0 bridgehead atoms. The fraction of sp³-hybridized carbons (Fsp3) is 0.318. The van der Waals surface area contributed by atoms with E-state index in [1.54, 1.807) is 30.3 Å². The monoisotopic (exact) mass is 414 g/mol. The highest BCUT2D eigenvalue weighted by molar-refractivity contribution is 5.98. The topological polar surface area (TPSA) is 108 Å². The molecule has 0 aromatic heterocycles. The van der Waals surface area contributed by atoms with E-state index in [0.29, 0.717) is 30.3 Å². The molecule has 3 N–H and O–H groups in total. The number of rotatable bonds is 9. The molecule has 1 aliphatic rings. The first-order valence-corrected chi connectivity index (χ1v) is 9.65. The number of halogens is 1. The van der Waals surface area contributed by atoms with E-state index in [-0.39, 0.29) is 43.3 Å². The first-order chi connectivity index (χ1) is 14.4. The van der Waals surface area contributed by atoms with Gasteiger partial charge in [-0.3, -0.25) is 14.4 Å². The molecule has 2 aromatic rings. The predicted octanol–water partition coefficient (Wildman–Crippen LogP) is 2.02. The molecule has 1 unspecified atom stereocenters. The number of nitrogens with one attached hydrogen (secondary N) is 1. The number of carbonyl (C=O) groups is 3. The number of fused-ring (bicyclic) bond motifs is 1. The molecule has 158 valence electrons. The molecule has 7 nitrogen and oxygen atoms in total. The fourth-order valence-corrected chi connectivity index (χ4v) is 3.09. The molecular formula is C22H23FN2O5. The normalized spacial score (nSPS) is 13.4. The van der Waals surface area contributed by atoms with Crippen molar-refractivity contribution in [2.45, 2.75) is 19.3 Å². The highest BCUT2D eigenvalue weighted by atomic mass is 19.1. The molecule has 8 heteroatoms. The number of benzene rings is 2. The lowest BCUT2D eigenvalue weighted by molar-refractivity contribution is -0.123. The minimum absolute atomic E-state index is 0.0185. The summed E-state index contributed by atoms with van der Waals surface area (Å²) in [6.07, 6.45) is 0.284. The molecule has 0 radical (unpaired) electrons. The maximum atomic E-state index is 13.0. The molecular weight excluding hydrogens is 391 g/mol. The zero-order valence-corrected chi connectivity index (χ0v) is 16.4. The molecule has 0 fully saturated rings. The van der Waals surface area contributed by atoms with E-state index in [0.717, 1.165) is 5.56 Å². The molecule has 0 saturated carbocycles. The number of hydrogen-bond acceptors (Lipinski definition) is 5. The first-order valence-electron chi connectivity index (χ1n) is 9.65. The second kappa shape index (κ2) is 9.87. The third-order valence-electron chi connectivity index (χ3n) is 4.79. The number of ether oxygens (including phenoxy) is 2. The molecule has 0 spiro atoms. The maximum Gasteiger partial charge on any atom is 0.222 e. The van der Waals surface area contributed by atoms with E-state index in [9.17, 15) is 18.8 Å². The van der Waals surface area contributed by atoms with Crippen LogP contribution < -0.4 is 20.5 Å². The Hall–Kier alpha value is -3.42. The fourth-order valence-electron chi connectivity index (χ4n) is 3.09. The van der Waals surface area contributed by atoms with Gasteiger partial charge >= 0.3 is 0 Å². The molecule has 30 heavy (non-hydrogen) atoms. The van der Waals surface area contributed by atoms with E-state index >= 15 is 0 Å². The van der Waals surface area contributed by atoms with Crippen LogP contribution in [-0.4, -0.2) is 37.4 Å². The second-order valence-electron chi connectivity index (χ2n) is 7.02. The van der Waals surface area contributed by atoms with Crippen molar-refractivity contribution < 1.29 is 28.2 Å². The summed E-state index contributed by atoms with van der Waals surface area (Å²) in [5, 5.41) is 2.64. The van der Waals surface area contributed by atoms with Gasteiger partial charge in [-0.25, -0.2) is 4.39 Å². The van der Waals surface area contributed by atoms with E-state index < -0.39 is 11.8 Å². The number of amides is 2. The van der Waals surface area contributed by atoms with Gasteiger partial charge < -0.3 is 20.5 Å². The number of nitrogens with two attached hydrogens (primary N) is 1. The Morgan fingerprint density at radius 2 is 1.70 bits per heavy atom. The van der Waals surface area contributed by atoms with Crippen LogP contribution >= 0.6 is 0 Å². The van der Waals surface area contributed by atoms with Gasteiger partial charge in [-0.2, -0.15) is 0 Å². The number of primary amides is 1. The third kappa shape index (κ3) is 5.79. The number of hydrogen-bond donors (Lipinski definition) is 2. The van der Waals surface area contributed by atoms with Crippen LogP contribution in [0.2, 0.25) is 0 Å². The highest BCUT2D eigenvalue weighted by Gasteiger charge is 2.19. The molecule has 1 atom stereocenters. The van der Waals surface area contributed by atoms with Crippen molar-refractivity contribution in [3.63, 3.8) is 0 Å². The van der Waals surface area contributed by atoms with Crippen molar-refractivity contribution >= 4 is 17.6 Å². The molecule has 1 aliphatic heterocycles. The lowest BCUT2D eigenvalue weighted by atomic mass is 9.98. The molecule has 1 heterocycles. The van der Waals surface area contributed by atoms with Crippen molar-refractivity contribution in [1.29, 1.82) is 0 Å². The summed E-state index contributed by atoms with van der Waals surface area (Å²) >= 11 is 0. The predicted molar refractivity (Wildman–Crippen MR) is 107 cm³/mol. The van der Waals surface area contributed by atoms with Crippen LogP contribution in [0.25, 0.3) is 0 Å². The summed E-state index contributed by atoms with van der Waals surface area (Å²) in [5.74, 6) is -1.01. The van der Waals surface area contributed by atoms with E-state index in [1.807, 2.05) is 0 Å². The summed E-state index contributed by atoms with van der Waals surface area (Å²) in [6, 6.07) is 10.7. The van der Waals surface area contributed by atoms with Gasteiger partial charge in [0.25, 0.3) is 0 Å². The summed E-state index contributed by atoms with van der Waals surface area (Å²) in [6.45, 7) is 0.934. The van der Waals surface area contributed by atoms with Crippen LogP contribution in [0.15, 0.2) is 42.5 Å². The van der Waals surface area contributed by atoms with Crippen LogP contribution in [-0.2, 0) is 16.0 Å². The largest absolute Gasteiger partial charge is 0.486 e. The van der Waals surface area contributed by atoms with Gasteiger partial charge in [0.2, 0.25) is 11.8 Å². The summed E-state index contributed by atoms with van der Waals surface area (Å²) in [5.41, 5.74) is 6.60. The lowest BCUT2D eigenvalue weighted by Gasteiger charge is -2.18. The van der Waals surface area contributed by atoms with E-state index in [4.69, 9.17) is 15.2 Å². The smallest absolute Gasteiger partial charge is 0.222 e. The minimum Gasteiger partial charge on any atom is -0.486 e. The Balaban J connectivity index is 1.47. The van der Waals surface area contributed by atoms with Crippen molar-refractivity contribution in [2.24, 2.45) is 11.7 Å². The Morgan fingerprint density at radius 1 is 1.00 bits per heavy atom. The summed E-state index contributed by atoms with van der Waals surface area (Å²) in [7, 11) is 0. The van der Waals surface area contributed by atoms with Gasteiger partial charge in [0, 0.05) is 24.9 Å². The van der Waals surface area contributed by atoms with Gasteiger partial charge in [0.15, 0.2) is 17.3 Å². The van der Waals surface area contributed by atoms with Gasteiger partial charge in [0.05, 0.1) is 5.92 Å². The summed E-state index contributed by atoms with van der Waals surface area (Å²) in [4.78, 5) is 36.2. The Kier molecular flexibility index (Phi) is 7.00. The highest BCUT2D eigenvalue weighted by Crippen LogP contribution is 2.31. The van der Waals surface area contributed by atoms with Crippen molar-refractivity contribution in [3.8, 4) is 11.5 Å². The summed E-state index contributed by atoms with van der Waals surface area (Å²) < 4.78 is 23.9. The quantitative estimate of drug-likeness (QED) is 0.611. The average molecular weight is 414 g/mol. The van der Waals surface area contributed by atoms with Crippen LogP contribution in [0.5, 0.6) is 11.5 Å². The van der Waals surface area contributed by atoms with Gasteiger partial charge in [-0.15, -0.1) is 0 Å². The Labute approximate surface area is 173 Å². The molecule has 3 rings (SSSR count). The van der Waals surface area contributed by atoms with Crippen LogP contribution in [0.3, 0.4) is 0 Å². The van der Waals surface area contributed by atoms with Crippen LogP contribution in [0.1, 0.15) is 28.8 Å². The van der Waals surface area contributed by atoms with E-state index in [2.05, 4.69) is 5.32 Å². The zero-order valence-electron chi connectivity index (χ0n) is 16.4. The molecule has 2 amide bonds. The first kappa shape index (κ1) is 21.3. The number of carbonyl (C=O) groups excluding carboxylic acids is 3. The minimum atomic E-state index is -0.632. The number of Topliss-reactive ketones (excluding diaryl/α,β-unsaturated/α-hetero) is 1. The van der Waals surface area contributed by atoms with Gasteiger partial charge in [-0.05, 0) is 42.3 Å². The van der Waals surface area contributed by atoms with E-state index in [1.165, 1.54) is 12.1 Å². The molecule has 2 aromatic carbocycles. The number of ketones is 1. The lowest BCUT2D eigenvalue weighted by Crippen LogP contribution is -2.37. The van der Waals surface area contributed by atoms with Crippen LogP contribution in [0.4, 0.5) is 4.39 Å². The molecule has 0 aliphatic carbocycles. The van der Waals surface area contributed by atoms with Gasteiger partial charge in [0.1, 0.15) is 19.0 Å². The Bertz CT molecular complexity index is 930. The Morgan fingerprint density at radius 3 is 2.40 bits per heavy atom. The van der Waals surface area contributed by atoms with Crippen molar-refractivity contribution in [2.75, 3.05) is 19.8 Å². The third-order valence-corrected chi connectivity index (χ3v) is 4.79. The van der Waals surface area contributed by atoms with Gasteiger partial charge in [-0.1, -0.05) is 12.1 Å². The van der Waals surface area contributed by atoms with Crippen LogP contribution in [0, 0.1) is 11.7 Å². The SMILES string of the molecule is NC(=O)C(CNC(=O)CCC(=O)c1ccc2c(c1)OCCO2)Cc1ccc(F)cc1. The van der Waals surface area contributed by atoms with Crippen molar-refractivity contribution in [1.82, 2.24) is 5.32 Å². The standard InChI is InChI=1S/C22H23FN2O5/c23-17-4-1-14(2-5-17)11-16(22(24)28)13-25-21(27)8-6-18(26)15-3-7-19-20(12-15)30-10-9-29-19/h1-5,7,12,16H,6,8-11,13H2,(H2,24,28)(H,25,27). The van der Waals surface area contributed by atoms with Crippen molar-refractivity contribution in [3.05, 3.63) is 59.4 Å². The second-order valence-corrected chi connectivity index (χ2v) is 7.02.